The van der Waals surface area contributed by atoms with Crippen LogP contribution in [0.25, 0.3) is 10.9 Å². The fourth-order valence-electron chi connectivity index (χ4n) is 4.21. The van der Waals surface area contributed by atoms with Crippen LogP contribution in [0, 0.1) is 5.82 Å². The maximum Gasteiger partial charge on any atom is 0.416 e. The molecule has 0 saturated heterocycles. The SMILES string of the molecule is CC(C)(C)c1ccc(CN(CCc2cc(C(F)(F)F)ccc2F)C(=O)c2cccc3cc[nH]c23)cc1. The van der Waals surface area contributed by atoms with Gasteiger partial charge in [0.05, 0.1) is 16.6 Å². The zero-order chi connectivity index (χ0) is 26.1. The molecule has 4 rings (SSSR count). The van der Waals surface area contributed by atoms with Gasteiger partial charge < -0.3 is 9.88 Å². The Balaban J connectivity index is 1.64. The van der Waals surface area contributed by atoms with Crippen LogP contribution >= 0.6 is 0 Å². The van der Waals surface area contributed by atoms with Gasteiger partial charge in [-0.25, -0.2) is 4.39 Å². The number of nitrogens with zero attached hydrogens (tertiary/aromatic N) is 1. The molecule has 0 atom stereocenters. The van der Waals surface area contributed by atoms with E-state index in [1.165, 1.54) is 0 Å². The summed E-state index contributed by atoms with van der Waals surface area (Å²) in [5.74, 6) is -1.01. The molecule has 0 aliphatic carbocycles. The summed E-state index contributed by atoms with van der Waals surface area (Å²) in [6.45, 7) is 6.62. The van der Waals surface area contributed by atoms with Crippen molar-refractivity contribution in [3.8, 4) is 0 Å². The number of halogens is 4. The molecule has 1 heterocycles. The summed E-state index contributed by atoms with van der Waals surface area (Å²) in [5.41, 5.74) is 2.13. The molecule has 1 amide bonds. The minimum atomic E-state index is -4.57. The molecule has 0 fully saturated rings. The third-order valence-corrected chi connectivity index (χ3v) is 6.32. The topological polar surface area (TPSA) is 36.1 Å². The summed E-state index contributed by atoms with van der Waals surface area (Å²) in [4.78, 5) is 18.3. The number of rotatable bonds is 6. The van der Waals surface area contributed by atoms with Crippen molar-refractivity contribution in [1.82, 2.24) is 9.88 Å². The largest absolute Gasteiger partial charge is 0.416 e. The minimum absolute atomic E-state index is 0.0294. The number of hydrogen-bond donors (Lipinski definition) is 1. The Bertz CT molecular complexity index is 1360. The number of hydrogen-bond acceptors (Lipinski definition) is 1. The van der Waals surface area contributed by atoms with Gasteiger partial charge >= 0.3 is 6.18 Å². The lowest BCUT2D eigenvalue weighted by Gasteiger charge is -2.25. The number of amides is 1. The number of nitrogens with one attached hydrogen (secondary N) is 1. The Morgan fingerprint density at radius 2 is 1.61 bits per heavy atom. The molecule has 0 saturated carbocycles. The number of para-hydroxylation sites is 1. The fraction of sp³-hybridized carbons (Fsp3) is 0.276. The van der Waals surface area contributed by atoms with Gasteiger partial charge in [-0.05, 0) is 58.9 Å². The molecule has 3 nitrogen and oxygen atoms in total. The van der Waals surface area contributed by atoms with Gasteiger partial charge in [-0.2, -0.15) is 13.2 Å². The number of H-pyrrole nitrogens is 1. The first-order chi connectivity index (χ1) is 16.9. The molecule has 1 aromatic heterocycles. The van der Waals surface area contributed by atoms with Gasteiger partial charge in [0.25, 0.3) is 5.91 Å². The molecule has 0 unspecified atom stereocenters. The number of carbonyl (C=O) groups excluding carboxylic acids is 1. The van der Waals surface area contributed by atoms with Crippen LogP contribution in [0.4, 0.5) is 17.6 Å². The van der Waals surface area contributed by atoms with E-state index >= 15 is 0 Å². The molecule has 0 aliphatic heterocycles. The van der Waals surface area contributed by atoms with Crippen molar-refractivity contribution in [3.63, 3.8) is 0 Å². The van der Waals surface area contributed by atoms with E-state index in [1.807, 2.05) is 36.4 Å². The molecule has 0 bridgehead atoms. The van der Waals surface area contributed by atoms with E-state index in [0.717, 1.165) is 34.7 Å². The first kappa shape index (κ1) is 25.5. The van der Waals surface area contributed by atoms with Gasteiger partial charge in [0.15, 0.2) is 0 Å². The van der Waals surface area contributed by atoms with Crippen molar-refractivity contribution >= 4 is 16.8 Å². The predicted octanol–water partition coefficient (Wildman–Crippen LogP) is 7.51. The molecule has 1 N–H and O–H groups in total. The van der Waals surface area contributed by atoms with Crippen LogP contribution in [-0.4, -0.2) is 22.3 Å². The number of carbonyl (C=O) groups is 1. The highest BCUT2D eigenvalue weighted by molar-refractivity contribution is 6.05. The van der Waals surface area contributed by atoms with Crippen molar-refractivity contribution in [2.75, 3.05) is 6.54 Å². The molecule has 0 spiro atoms. The zero-order valence-corrected chi connectivity index (χ0v) is 20.4. The molecule has 7 heteroatoms. The smallest absolute Gasteiger partial charge is 0.361 e. The van der Waals surface area contributed by atoms with E-state index in [9.17, 15) is 22.4 Å². The molecular weight excluding hydrogens is 468 g/mol. The van der Waals surface area contributed by atoms with Crippen LogP contribution in [0.2, 0.25) is 0 Å². The van der Waals surface area contributed by atoms with E-state index in [2.05, 4.69) is 25.8 Å². The Morgan fingerprint density at radius 1 is 0.917 bits per heavy atom. The van der Waals surface area contributed by atoms with Crippen LogP contribution in [0.1, 0.15) is 53.4 Å². The lowest BCUT2D eigenvalue weighted by molar-refractivity contribution is -0.137. The summed E-state index contributed by atoms with van der Waals surface area (Å²) in [7, 11) is 0. The van der Waals surface area contributed by atoms with Crippen molar-refractivity contribution in [2.24, 2.45) is 0 Å². The molecule has 4 aromatic rings. The van der Waals surface area contributed by atoms with Gasteiger partial charge in [-0.15, -0.1) is 0 Å². The van der Waals surface area contributed by atoms with Gasteiger partial charge in [-0.1, -0.05) is 57.2 Å². The van der Waals surface area contributed by atoms with Gasteiger partial charge in [0.1, 0.15) is 5.82 Å². The highest BCUT2D eigenvalue weighted by atomic mass is 19.4. The molecule has 3 aromatic carbocycles. The Morgan fingerprint density at radius 3 is 2.28 bits per heavy atom. The number of benzene rings is 3. The second-order valence-electron chi connectivity index (χ2n) is 9.98. The summed E-state index contributed by atoms with van der Waals surface area (Å²) in [6, 6.07) is 17.5. The second kappa shape index (κ2) is 9.80. The zero-order valence-electron chi connectivity index (χ0n) is 20.4. The van der Waals surface area contributed by atoms with E-state index in [-0.39, 0.29) is 36.4 Å². The molecule has 0 aliphatic rings. The summed E-state index contributed by atoms with van der Waals surface area (Å²) < 4.78 is 53.9. The fourth-order valence-corrected chi connectivity index (χ4v) is 4.21. The normalized spacial score (nSPS) is 12.2. The second-order valence-corrected chi connectivity index (χ2v) is 9.98. The van der Waals surface area contributed by atoms with Gasteiger partial charge in [0.2, 0.25) is 0 Å². The van der Waals surface area contributed by atoms with Crippen molar-refractivity contribution in [2.45, 2.75) is 45.3 Å². The number of aromatic nitrogens is 1. The highest BCUT2D eigenvalue weighted by Crippen LogP contribution is 2.31. The maximum atomic E-state index is 14.4. The number of aromatic amines is 1. The standard InChI is InChI=1S/C29H28F4N2O/c1-28(2,3)22-9-7-19(8-10-22)18-35(27(36)24-6-4-5-20-13-15-34-26(20)24)16-14-21-17-23(29(31,32)33)11-12-25(21)30/h4-13,15,17,34H,14,16,18H2,1-3H3. The van der Waals surface area contributed by atoms with E-state index in [1.54, 1.807) is 23.2 Å². The van der Waals surface area contributed by atoms with Crippen LogP contribution < -0.4 is 0 Å². The average Bonchev–Trinajstić information content (AvgIpc) is 3.30. The van der Waals surface area contributed by atoms with E-state index in [4.69, 9.17) is 0 Å². The molecule has 0 radical (unpaired) electrons. The summed E-state index contributed by atoms with van der Waals surface area (Å²) >= 11 is 0. The Kier molecular flexibility index (Phi) is 6.94. The minimum Gasteiger partial charge on any atom is -0.361 e. The maximum absolute atomic E-state index is 14.4. The van der Waals surface area contributed by atoms with Crippen molar-refractivity contribution in [1.29, 1.82) is 0 Å². The van der Waals surface area contributed by atoms with E-state index in [0.29, 0.717) is 11.1 Å². The Hall–Kier alpha value is -3.61. The monoisotopic (exact) mass is 496 g/mol. The number of alkyl halides is 3. The summed E-state index contributed by atoms with van der Waals surface area (Å²) in [6.07, 6.45) is -2.88. The lowest BCUT2D eigenvalue weighted by Crippen LogP contribution is -2.33. The Labute approximate surface area is 207 Å². The summed E-state index contributed by atoms with van der Waals surface area (Å²) in [5, 5.41) is 0.874. The van der Waals surface area contributed by atoms with Crippen LogP contribution in [0.5, 0.6) is 0 Å². The average molecular weight is 497 g/mol. The number of fused-ring (bicyclic) bond motifs is 1. The van der Waals surface area contributed by atoms with Crippen molar-refractivity contribution < 1.29 is 22.4 Å². The molecule has 188 valence electrons. The van der Waals surface area contributed by atoms with Crippen LogP contribution in [-0.2, 0) is 24.6 Å². The first-order valence-electron chi connectivity index (χ1n) is 11.7. The van der Waals surface area contributed by atoms with Crippen LogP contribution in [0.15, 0.2) is 72.9 Å². The van der Waals surface area contributed by atoms with E-state index < -0.39 is 17.6 Å². The third-order valence-electron chi connectivity index (χ3n) is 6.32. The first-order valence-corrected chi connectivity index (χ1v) is 11.7. The van der Waals surface area contributed by atoms with Gasteiger partial charge in [-0.3, -0.25) is 4.79 Å². The van der Waals surface area contributed by atoms with Crippen LogP contribution in [0.3, 0.4) is 0 Å². The lowest BCUT2D eigenvalue weighted by atomic mass is 9.87. The predicted molar refractivity (Wildman–Crippen MR) is 133 cm³/mol. The quantitative estimate of drug-likeness (QED) is 0.276. The highest BCUT2D eigenvalue weighted by Gasteiger charge is 2.31. The third kappa shape index (κ3) is 5.61. The van der Waals surface area contributed by atoms with Gasteiger partial charge in [0, 0.05) is 24.7 Å². The van der Waals surface area contributed by atoms with Crippen molar-refractivity contribution in [3.05, 3.63) is 107 Å². The molecular formula is C29H28F4N2O. The molecule has 36 heavy (non-hydrogen) atoms.